The van der Waals surface area contributed by atoms with Crippen molar-refractivity contribution < 1.29 is 4.74 Å². The minimum Gasteiger partial charge on any atom is -0.380 e. The first-order valence-electron chi connectivity index (χ1n) is 8.75. The lowest BCUT2D eigenvalue weighted by atomic mass is 9.89. The fraction of sp³-hybridized carbons (Fsp3) is 0.526. The predicted octanol–water partition coefficient (Wildman–Crippen LogP) is 2.47. The molecule has 5 nitrogen and oxygen atoms in total. The molecule has 24 heavy (non-hydrogen) atoms. The molecule has 0 bridgehead atoms. The van der Waals surface area contributed by atoms with Crippen LogP contribution in [-0.2, 0) is 17.6 Å². The number of aryl methyl sites for hydroxylation is 1. The van der Waals surface area contributed by atoms with Gasteiger partial charge in [-0.25, -0.2) is 0 Å². The van der Waals surface area contributed by atoms with Crippen LogP contribution in [0.25, 0.3) is 10.9 Å². The zero-order valence-corrected chi connectivity index (χ0v) is 14.9. The molecule has 1 aromatic heterocycles. The van der Waals surface area contributed by atoms with Crippen molar-refractivity contribution in [3.8, 4) is 0 Å². The van der Waals surface area contributed by atoms with E-state index < -0.39 is 0 Å². The zero-order chi connectivity index (χ0) is 17.0. The third kappa shape index (κ3) is 3.56. The lowest BCUT2D eigenvalue weighted by Crippen LogP contribution is -2.51. The maximum atomic E-state index is 5.29. The molecule has 5 heteroatoms. The van der Waals surface area contributed by atoms with Gasteiger partial charge >= 0.3 is 0 Å². The first kappa shape index (κ1) is 16.8. The molecule has 2 aromatic rings. The third-order valence-electron chi connectivity index (χ3n) is 4.76. The van der Waals surface area contributed by atoms with Gasteiger partial charge in [-0.2, -0.15) is 0 Å². The van der Waals surface area contributed by atoms with Crippen LogP contribution in [0.5, 0.6) is 0 Å². The van der Waals surface area contributed by atoms with Gasteiger partial charge < -0.3 is 20.4 Å². The van der Waals surface area contributed by atoms with Crippen molar-refractivity contribution in [2.24, 2.45) is 10.4 Å². The molecule has 0 amide bonds. The van der Waals surface area contributed by atoms with Crippen LogP contribution in [0.2, 0.25) is 0 Å². The number of aromatic amines is 1. The molecule has 0 unspecified atom stereocenters. The van der Waals surface area contributed by atoms with Gasteiger partial charge in [-0.1, -0.05) is 32.0 Å². The van der Waals surface area contributed by atoms with Gasteiger partial charge in [0.15, 0.2) is 5.96 Å². The van der Waals surface area contributed by atoms with Gasteiger partial charge in [0, 0.05) is 42.7 Å². The number of rotatable bonds is 6. The highest BCUT2D eigenvalue weighted by atomic mass is 16.5. The third-order valence-corrected chi connectivity index (χ3v) is 4.76. The number of fused-ring (bicyclic) bond motifs is 1. The molecule has 0 radical (unpaired) electrons. The number of ether oxygens (including phenoxy) is 1. The van der Waals surface area contributed by atoms with Crippen LogP contribution in [0.3, 0.4) is 0 Å². The molecular weight excluding hydrogens is 300 g/mol. The largest absolute Gasteiger partial charge is 0.380 e. The molecule has 3 N–H and O–H groups in total. The smallest absolute Gasteiger partial charge is 0.191 e. The van der Waals surface area contributed by atoms with Crippen LogP contribution in [0.1, 0.15) is 25.0 Å². The number of para-hydroxylation sites is 1. The van der Waals surface area contributed by atoms with Crippen molar-refractivity contribution >= 4 is 16.9 Å². The highest BCUT2D eigenvalue weighted by Gasteiger charge is 2.33. The van der Waals surface area contributed by atoms with E-state index in [0.717, 1.165) is 45.1 Å². The molecule has 1 aliphatic heterocycles. The number of H-pyrrole nitrogens is 1. The van der Waals surface area contributed by atoms with Gasteiger partial charge in [-0.15, -0.1) is 0 Å². The predicted molar refractivity (Wildman–Crippen MR) is 99.7 cm³/mol. The Kier molecular flexibility index (Phi) is 5.09. The average molecular weight is 328 g/mol. The molecule has 0 aliphatic carbocycles. The van der Waals surface area contributed by atoms with E-state index in [1.165, 1.54) is 22.0 Å². The van der Waals surface area contributed by atoms with Gasteiger partial charge in [-0.3, -0.25) is 4.99 Å². The molecule has 2 heterocycles. The quantitative estimate of drug-likeness (QED) is 0.564. The molecule has 1 fully saturated rings. The second kappa shape index (κ2) is 7.26. The average Bonchev–Trinajstić information content (AvgIpc) is 2.99. The van der Waals surface area contributed by atoms with Crippen molar-refractivity contribution in [1.82, 2.24) is 15.6 Å². The number of nitrogens with zero attached hydrogens (tertiary/aromatic N) is 1. The van der Waals surface area contributed by atoms with Crippen molar-refractivity contribution in [3.63, 3.8) is 0 Å². The maximum absolute atomic E-state index is 5.29. The summed E-state index contributed by atoms with van der Waals surface area (Å²) in [6, 6.07) is 6.54. The standard InChI is InChI=1S/C19H28N4O/c1-4-14-6-5-7-16-15(10-22-17(14)16)8-9-21-18(20-3)23-11-19(2)12-24-13-19/h5-7,10,22H,4,8-9,11-13H2,1-3H3,(H2,20,21,23). The van der Waals surface area contributed by atoms with E-state index in [-0.39, 0.29) is 5.41 Å². The molecule has 1 saturated heterocycles. The fourth-order valence-corrected chi connectivity index (χ4v) is 3.16. The SMILES string of the molecule is CCc1cccc2c(CCNC(=NC)NCC3(C)COC3)c[nH]c12. The van der Waals surface area contributed by atoms with Gasteiger partial charge in [0.25, 0.3) is 0 Å². The lowest BCUT2D eigenvalue weighted by molar-refractivity contribution is -0.0971. The summed E-state index contributed by atoms with van der Waals surface area (Å²) >= 11 is 0. The monoisotopic (exact) mass is 328 g/mol. The molecule has 3 rings (SSSR count). The van der Waals surface area contributed by atoms with Crippen LogP contribution in [0, 0.1) is 5.41 Å². The number of hydrogen-bond donors (Lipinski definition) is 3. The number of guanidine groups is 1. The van der Waals surface area contributed by atoms with Crippen molar-refractivity contribution in [2.75, 3.05) is 33.4 Å². The normalized spacial score (nSPS) is 16.9. The molecule has 0 spiro atoms. The van der Waals surface area contributed by atoms with E-state index in [1.807, 2.05) is 7.05 Å². The minimum absolute atomic E-state index is 0.241. The van der Waals surface area contributed by atoms with Crippen LogP contribution < -0.4 is 10.6 Å². The maximum Gasteiger partial charge on any atom is 0.191 e. The van der Waals surface area contributed by atoms with Crippen molar-refractivity contribution in [3.05, 3.63) is 35.5 Å². The summed E-state index contributed by atoms with van der Waals surface area (Å²) in [6.45, 7) is 7.82. The van der Waals surface area contributed by atoms with E-state index in [1.54, 1.807) is 0 Å². The Hall–Kier alpha value is -2.01. The van der Waals surface area contributed by atoms with Gasteiger partial charge in [0.2, 0.25) is 0 Å². The Bertz CT molecular complexity index is 715. The second-order valence-electron chi connectivity index (χ2n) is 6.91. The molecule has 0 saturated carbocycles. The summed E-state index contributed by atoms with van der Waals surface area (Å²) < 4.78 is 5.29. The number of nitrogens with one attached hydrogen (secondary N) is 3. The Morgan fingerprint density at radius 1 is 1.29 bits per heavy atom. The first-order valence-corrected chi connectivity index (χ1v) is 8.75. The second-order valence-corrected chi connectivity index (χ2v) is 6.91. The van der Waals surface area contributed by atoms with Crippen molar-refractivity contribution in [2.45, 2.75) is 26.7 Å². The Labute approximate surface area is 143 Å². The van der Waals surface area contributed by atoms with Crippen LogP contribution >= 0.6 is 0 Å². The number of aliphatic imine (C=N–C) groups is 1. The summed E-state index contributed by atoms with van der Waals surface area (Å²) in [6.07, 6.45) is 4.15. The molecule has 0 atom stereocenters. The van der Waals surface area contributed by atoms with E-state index >= 15 is 0 Å². The Balaban J connectivity index is 1.54. The number of aromatic nitrogens is 1. The van der Waals surface area contributed by atoms with Crippen LogP contribution in [-0.4, -0.2) is 44.3 Å². The van der Waals surface area contributed by atoms with Gasteiger partial charge in [0.05, 0.1) is 13.2 Å². The first-order chi connectivity index (χ1) is 11.6. The van der Waals surface area contributed by atoms with Crippen LogP contribution in [0.4, 0.5) is 0 Å². The van der Waals surface area contributed by atoms with Crippen molar-refractivity contribution in [1.29, 1.82) is 0 Å². The summed E-state index contributed by atoms with van der Waals surface area (Å²) in [4.78, 5) is 7.74. The molecule has 1 aromatic carbocycles. The van der Waals surface area contributed by atoms with E-state index in [0.29, 0.717) is 0 Å². The van der Waals surface area contributed by atoms with Gasteiger partial charge in [-0.05, 0) is 24.0 Å². The van der Waals surface area contributed by atoms with E-state index in [2.05, 4.69) is 58.9 Å². The van der Waals surface area contributed by atoms with Gasteiger partial charge in [0.1, 0.15) is 0 Å². The zero-order valence-electron chi connectivity index (χ0n) is 14.9. The molecular formula is C19H28N4O. The summed E-state index contributed by atoms with van der Waals surface area (Å²) in [5.74, 6) is 0.859. The highest BCUT2D eigenvalue weighted by Crippen LogP contribution is 2.25. The lowest BCUT2D eigenvalue weighted by Gasteiger charge is -2.38. The minimum atomic E-state index is 0.241. The Morgan fingerprint density at radius 3 is 2.79 bits per heavy atom. The topological polar surface area (TPSA) is 61.4 Å². The number of hydrogen-bond acceptors (Lipinski definition) is 2. The summed E-state index contributed by atoms with van der Waals surface area (Å²) in [5.41, 5.74) is 4.24. The summed E-state index contributed by atoms with van der Waals surface area (Å²) in [5, 5.41) is 8.14. The fourth-order valence-electron chi connectivity index (χ4n) is 3.16. The van der Waals surface area contributed by atoms with E-state index in [9.17, 15) is 0 Å². The highest BCUT2D eigenvalue weighted by molar-refractivity contribution is 5.86. The van der Waals surface area contributed by atoms with Crippen LogP contribution in [0.15, 0.2) is 29.4 Å². The summed E-state index contributed by atoms with van der Waals surface area (Å²) in [7, 11) is 1.81. The Morgan fingerprint density at radius 2 is 2.12 bits per heavy atom. The molecule has 130 valence electrons. The van der Waals surface area contributed by atoms with E-state index in [4.69, 9.17) is 4.74 Å². The number of benzene rings is 1. The molecule has 1 aliphatic rings.